The number of pyridine rings is 1. The lowest BCUT2D eigenvalue weighted by Gasteiger charge is -2.35. The van der Waals surface area contributed by atoms with Gasteiger partial charge in [0, 0.05) is 19.0 Å². The molecule has 6 nitrogen and oxygen atoms in total. The first kappa shape index (κ1) is 18.4. The van der Waals surface area contributed by atoms with E-state index in [4.69, 9.17) is 9.47 Å². The van der Waals surface area contributed by atoms with E-state index in [0.29, 0.717) is 12.4 Å². The molecule has 1 aliphatic rings. The largest absolute Gasteiger partial charge is 0.455 e. The summed E-state index contributed by atoms with van der Waals surface area (Å²) in [7, 11) is 1.64. The monoisotopic (exact) mass is 355 g/mol. The maximum atomic E-state index is 12.9. The van der Waals surface area contributed by atoms with Crippen molar-refractivity contribution < 1.29 is 14.3 Å². The van der Waals surface area contributed by atoms with E-state index < -0.39 is 5.41 Å². The predicted molar refractivity (Wildman–Crippen MR) is 101 cm³/mol. The molecule has 2 heterocycles. The number of nitrogens with zero attached hydrogens (tertiary/aromatic N) is 1. The molecule has 0 atom stereocenters. The third kappa shape index (κ3) is 4.20. The summed E-state index contributed by atoms with van der Waals surface area (Å²) in [6.07, 6.45) is 4.91. The summed E-state index contributed by atoms with van der Waals surface area (Å²) in [6, 6.07) is 9.33. The Bertz CT molecular complexity index is 738. The minimum Gasteiger partial charge on any atom is -0.455 e. The number of methoxy groups -OCH3 is 1. The van der Waals surface area contributed by atoms with E-state index in [9.17, 15) is 4.79 Å². The number of rotatable bonds is 6. The molecule has 0 saturated carbocycles. The van der Waals surface area contributed by atoms with Gasteiger partial charge in [-0.25, -0.2) is 0 Å². The van der Waals surface area contributed by atoms with Crippen molar-refractivity contribution in [3.8, 4) is 11.5 Å². The summed E-state index contributed by atoms with van der Waals surface area (Å²) in [4.78, 5) is 17.0. The average molecular weight is 355 g/mol. The third-order valence-corrected chi connectivity index (χ3v) is 4.76. The second-order valence-electron chi connectivity index (χ2n) is 6.69. The smallest absolute Gasteiger partial charge is 0.233 e. The maximum absolute atomic E-state index is 12.9. The van der Waals surface area contributed by atoms with Gasteiger partial charge in [-0.15, -0.1) is 0 Å². The highest BCUT2D eigenvalue weighted by atomic mass is 16.5. The second-order valence-corrected chi connectivity index (χ2v) is 6.69. The normalized spacial score (nSPS) is 16.1. The Morgan fingerprint density at radius 3 is 2.77 bits per heavy atom. The lowest BCUT2D eigenvalue weighted by Crippen LogP contribution is -2.47. The van der Waals surface area contributed by atoms with Crippen molar-refractivity contribution >= 4 is 11.6 Å². The molecule has 1 aromatic heterocycles. The molecule has 26 heavy (non-hydrogen) atoms. The number of carbonyl (C=O) groups excluding carboxylic acids is 1. The van der Waals surface area contributed by atoms with Gasteiger partial charge in [0.25, 0.3) is 0 Å². The van der Waals surface area contributed by atoms with E-state index in [1.54, 1.807) is 19.5 Å². The maximum Gasteiger partial charge on any atom is 0.233 e. The Balaban J connectivity index is 1.71. The van der Waals surface area contributed by atoms with Gasteiger partial charge in [-0.3, -0.25) is 9.78 Å². The topological polar surface area (TPSA) is 72.5 Å². The summed E-state index contributed by atoms with van der Waals surface area (Å²) in [5, 5.41) is 6.35. The van der Waals surface area contributed by atoms with Gasteiger partial charge in [-0.1, -0.05) is 0 Å². The summed E-state index contributed by atoms with van der Waals surface area (Å²) < 4.78 is 11.2. The number of anilines is 1. The fourth-order valence-corrected chi connectivity index (χ4v) is 3.26. The molecule has 0 spiro atoms. The van der Waals surface area contributed by atoms with Crippen molar-refractivity contribution in [3.63, 3.8) is 0 Å². The fourth-order valence-electron chi connectivity index (χ4n) is 3.26. The van der Waals surface area contributed by atoms with Crippen LogP contribution in [0.25, 0.3) is 0 Å². The Hall–Kier alpha value is -2.44. The Kier molecular flexibility index (Phi) is 5.85. The van der Waals surface area contributed by atoms with Crippen LogP contribution < -0.4 is 15.4 Å². The molecule has 1 aromatic carbocycles. The number of ether oxygens (including phenoxy) is 2. The molecule has 6 heteroatoms. The molecule has 1 aliphatic heterocycles. The van der Waals surface area contributed by atoms with Crippen LogP contribution in [0.5, 0.6) is 11.5 Å². The van der Waals surface area contributed by atoms with Crippen LogP contribution in [0.3, 0.4) is 0 Å². The average Bonchev–Trinajstić information content (AvgIpc) is 2.66. The molecule has 1 fully saturated rings. The zero-order valence-electron chi connectivity index (χ0n) is 15.2. The number of hydrogen-bond acceptors (Lipinski definition) is 5. The lowest BCUT2D eigenvalue weighted by atomic mass is 9.78. The highest BCUT2D eigenvalue weighted by Crippen LogP contribution is 2.32. The van der Waals surface area contributed by atoms with Gasteiger partial charge in [0.2, 0.25) is 5.91 Å². The molecule has 3 rings (SSSR count). The first-order chi connectivity index (χ1) is 12.6. The molecular weight excluding hydrogens is 330 g/mol. The van der Waals surface area contributed by atoms with Gasteiger partial charge in [0.1, 0.15) is 11.5 Å². The van der Waals surface area contributed by atoms with Gasteiger partial charge >= 0.3 is 0 Å². The number of carbonyl (C=O) groups is 1. The predicted octanol–water partition coefficient (Wildman–Crippen LogP) is 3.14. The second kappa shape index (κ2) is 8.29. The minimum atomic E-state index is -0.473. The van der Waals surface area contributed by atoms with Crippen LogP contribution in [0.2, 0.25) is 0 Å². The van der Waals surface area contributed by atoms with Crippen LogP contribution in [0.1, 0.15) is 18.4 Å². The van der Waals surface area contributed by atoms with Gasteiger partial charge in [-0.05, 0) is 68.8 Å². The SMILES string of the molecule is COCC1(C(=O)Nc2ccc(Oc3cccnc3)c(C)c2)CCNCC1. The van der Waals surface area contributed by atoms with E-state index in [0.717, 1.165) is 42.9 Å². The summed E-state index contributed by atoms with van der Waals surface area (Å²) in [5.41, 5.74) is 1.23. The number of amides is 1. The number of aromatic nitrogens is 1. The third-order valence-electron chi connectivity index (χ3n) is 4.76. The molecular formula is C20H25N3O3. The molecule has 2 N–H and O–H groups in total. The molecule has 0 aliphatic carbocycles. The zero-order valence-corrected chi connectivity index (χ0v) is 15.2. The standard InChI is InChI=1S/C20H25N3O3/c1-15-12-16(5-6-18(15)26-17-4-3-9-22-13-17)23-19(24)20(14-25-2)7-10-21-11-8-20/h3-6,9,12-13,21H,7-8,10-11,14H2,1-2H3,(H,23,24). The van der Waals surface area contributed by atoms with Crippen LogP contribution in [0.4, 0.5) is 5.69 Å². The highest BCUT2D eigenvalue weighted by molar-refractivity contribution is 5.95. The van der Waals surface area contributed by atoms with Crippen LogP contribution in [-0.4, -0.2) is 37.7 Å². The number of benzene rings is 1. The Labute approximate surface area is 153 Å². The minimum absolute atomic E-state index is 0.0150. The summed E-state index contributed by atoms with van der Waals surface area (Å²) >= 11 is 0. The van der Waals surface area contributed by atoms with Crippen molar-refractivity contribution in [3.05, 3.63) is 48.3 Å². The first-order valence-electron chi connectivity index (χ1n) is 8.83. The molecule has 138 valence electrons. The molecule has 1 saturated heterocycles. The van der Waals surface area contributed by atoms with Crippen molar-refractivity contribution in [2.45, 2.75) is 19.8 Å². The van der Waals surface area contributed by atoms with Crippen molar-refractivity contribution in [1.29, 1.82) is 0 Å². The lowest BCUT2D eigenvalue weighted by molar-refractivity contribution is -0.130. The number of aryl methyl sites for hydroxylation is 1. The van der Waals surface area contributed by atoms with Gasteiger partial charge in [-0.2, -0.15) is 0 Å². The number of nitrogens with one attached hydrogen (secondary N) is 2. The molecule has 0 unspecified atom stereocenters. The van der Waals surface area contributed by atoms with Crippen molar-refractivity contribution in [2.24, 2.45) is 5.41 Å². The zero-order chi connectivity index (χ0) is 18.4. The van der Waals surface area contributed by atoms with E-state index in [1.807, 2.05) is 37.3 Å². The van der Waals surface area contributed by atoms with E-state index in [1.165, 1.54) is 0 Å². The van der Waals surface area contributed by atoms with Gasteiger partial charge in [0.15, 0.2) is 0 Å². The summed E-state index contributed by atoms with van der Waals surface area (Å²) in [5.74, 6) is 1.44. The highest BCUT2D eigenvalue weighted by Gasteiger charge is 2.39. The van der Waals surface area contributed by atoms with Crippen molar-refractivity contribution in [1.82, 2.24) is 10.3 Å². The first-order valence-corrected chi connectivity index (χ1v) is 8.83. The van der Waals surface area contributed by atoms with Gasteiger partial charge < -0.3 is 20.1 Å². The van der Waals surface area contributed by atoms with E-state index in [2.05, 4.69) is 15.6 Å². The molecule has 0 bridgehead atoms. The van der Waals surface area contributed by atoms with Crippen LogP contribution in [0, 0.1) is 12.3 Å². The van der Waals surface area contributed by atoms with Crippen LogP contribution in [-0.2, 0) is 9.53 Å². The molecule has 2 aromatic rings. The van der Waals surface area contributed by atoms with Crippen LogP contribution in [0.15, 0.2) is 42.7 Å². The summed E-state index contributed by atoms with van der Waals surface area (Å²) in [6.45, 7) is 4.04. The Morgan fingerprint density at radius 1 is 1.31 bits per heavy atom. The Morgan fingerprint density at radius 2 is 2.12 bits per heavy atom. The van der Waals surface area contributed by atoms with E-state index in [-0.39, 0.29) is 5.91 Å². The quantitative estimate of drug-likeness (QED) is 0.833. The number of piperidine rings is 1. The number of hydrogen-bond donors (Lipinski definition) is 2. The fraction of sp³-hybridized carbons (Fsp3) is 0.400. The van der Waals surface area contributed by atoms with Crippen molar-refractivity contribution in [2.75, 3.05) is 32.1 Å². The molecule has 0 radical (unpaired) electrons. The molecule has 1 amide bonds. The van der Waals surface area contributed by atoms with Gasteiger partial charge in [0.05, 0.1) is 18.2 Å². The van der Waals surface area contributed by atoms with E-state index >= 15 is 0 Å². The van der Waals surface area contributed by atoms with Crippen LogP contribution >= 0.6 is 0 Å².